The van der Waals surface area contributed by atoms with Crippen LogP contribution in [0.25, 0.3) is 0 Å². The molecule has 3 aromatic carbocycles. The number of piperidine rings is 2. The van der Waals surface area contributed by atoms with Crippen LogP contribution in [-0.4, -0.2) is 48.4 Å². The van der Waals surface area contributed by atoms with Gasteiger partial charge in [0.05, 0.1) is 4.90 Å². The summed E-state index contributed by atoms with van der Waals surface area (Å²) in [6, 6.07) is 29.5. The van der Waals surface area contributed by atoms with Gasteiger partial charge in [0.25, 0.3) is 0 Å². The molecule has 0 radical (unpaired) electrons. The van der Waals surface area contributed by atoms with E-state index in [2.05, 4.69) is 145 Å². The number of likely N-dealkylation sites (tertiary alicyclic amines) is 1. The van der Waals surface area contributed by atoms with Crippen LogP contribution in [0.3, 0.4) is 0 Å². The topological polar surface area (TPSA) is 45.6 Å². The van der Waals surface area contributed by atoms with Gasteiger partial charge in [-0.2, -0.15) is 4.31 Å². The lowest BCUT2D eigenvalue weighted by Gasteiger charge is -2.27. The van der Waals surface area contributed by atoms with Gasteiger partial charge in [-0.3, -0.25) is 4.90 Å². The Bertz CT molecular complexity index is 1740. The number of benzene rings is 3. The lowest BCUT2D eigenvalue weighted by Crippen LogP contribution is -2.35. The van der Waals surface area contributed by atoms with Crippen molar-refractivity contribution in [1.82, 2.24) is 13.8 Å². The molecule has 6 rings (SSSR count). The summed E-state index contributed by atoms with van der Waals surface area (Å²) in [5, 5.41) is 0. The highest BCUT2D eigenvalue weighted by Crippen LogP contribution is 2.28. The van der Waals surface area contributed by atoms with Crippen molar-refractivity contribution in [2.24, 2.45) is 0 Å². The molecule has 0 atom stereocenters. The molecule has 2 fully saturated rings. The summed E-state index contributed by atoms with van der Waals surface area (Å²) in [6.45, 7) is 25.8. The third-order valence-corrected chi connectivity index (χ3v) is 12.0. The Balaban J connectivity index is 0.000000175. The van der Waals surface area contributed by atoms with Crippen molar-refractivity contribution in [3.63, 3.8) is 0 Å². The second-order valence-corrected chi connectivity index (χ2v) is 19.8. The van der Waals surface area contributed by atoms with Gasteiger partial charge < -0.3 is 4.57 Å². The van der Waals surface area contributed by atoms with Gasteiger partial charge in [-0.15, -0.1) is 0 Å². The first-order valence-corrected chi connectivity index (χ1v) is 21.0. The largest absolute Gasteiger partial charge is 0.350 e. The standard InChI is InChI=1S/C16H25N.C15H23NO2S.C15H19N/c1-16(2,3)15-9-7-8-14(12-15)13-17-10-5-4-6-11-17;1-15(2,3)13-8-7-9-14(12-13)19(17,18)16-10-5-4-6-11-16;1-15(2,3)14-8-6-13(7-9-14)12-16-10-4-5-11-16/h7-9,12H,4-6,10-11,13H2,1-3H3;7-9,12H,4-6,10-11H2,1-3H3;4-11H,12H2,1-3H3. The summed E-state index contributed by atoms with van der Waals surface area (Å²) in [5.74, 6) is 0. The zero-order chi connectivity index (χ0) is 38.0. The molecular weight excluding hydrogens is 659 g/mol. The molecule has 3 heterocycles. The second kappa shape index (κ2) is 18.2. The van der Waals surface area contributed by atoms with Crippen LogP contribution in [0, 0.1) is 0 Å². The molecule has 2 aliphatic heterocycles. The predicted molar refractivity (Wildman–Crippen MR) is 221 cm³/mol. The Morgan fingerprint density at radius 1 is 0.500 bits per heavy atom. The fourth-order valence-electron chi connectivity index (χ4n) is 6.69. The minimum Gasteiger partial charge on any atom is -0.350 e. The van der Waals surface area contributed by atoms with E-state index >= 15 is 0 Å². The first kappa shape index (κ1) is 41.6. The van der Waals surface area contributed by atoms with Gasteiger partial charge in [0, 0.05) is 38.6 Å². The van der Waals surface area contributed by atoms with Gasteiger partial charge in [-0.05, 0) is 107 Å². The van der Waals surface area contributed by atoms with Crippen molar-refractivity contribution in [3.8, 4) is 0 Å². The molecule has 284 valence electrons. The highest BCUT2D eigenvalue weighted by atomic mass is 32.2. The van der Waals surface area contributed by atoms with E-state index in [0.717, 1.165) is 37.9 Å². The maximum absolute atomic E-state index is 12.6. The summed E-state index contributed by atoms with van der Waals surface area (Å²) >= 11 is 0. The van der Waals surface area contributed by atoms with Gasteiger partial charge in [0.2, 0.25) is 10.0 Å². The van der Waals surface area contributed by atoms with Crippen LogP contribution < -0.4 is 0 Å². The van der Waals surface area contributed by atoms with Crippen molar-refractivity contribution < 1.29 is 8.42 Å². The molecule has 1 aromatic heterocycles. The van der Waals surface area contributed by atoms with Crippen molar-refractivity contribution >= 4 is 10.0 Å². The fourth-order valence-corrected chi connectivity index (χ4v) is 8.25. The highest BCUT2D eigenvalue weighted by molar-refractivity contribution is 7.89. The molecule has 0 N–H and O–H groups in total. The van der Waals surface area contributed by atoms with Gasteiger partial charge >= 0.3 is 0 Å². The minimum atomic E-state index is -3.31. The molecule has 2 aliphatic rings. The van der Waals surface area contributed by atoms with Gasteiger partial charge in [0.15, 0.2) is 0 Å². The zero-order valence-electron chi connectivity index (χ0n) is 33.8. The van der Waals surface area contributed by atoms with Crippen molar-refractivity contribution in [2.45, 2.75) is 135 Å². The zero-order valence-corrected chi connectivity index (χ0v) is 34.6. The summed E-state index contributed by atoms with van der Waals surface area (Å²) < 4.78 is 29.0. The monoisotopic (exact) mass is 725 g/mol. The van der Waals surface area contributed by atoms with Crippen LogP contribution in [-0.2, 0) is 39.4 Å². The molecule has 0 saturated carbocycles. The molecule has 2 saturated heterocycles. The molecule has 0 spiro atoms. The number of sulfonamides is 1. The Kier molecular flexibility index (Phi) is 14.6. The summed E-state index contributed by atoms with van der Waals surface area (Å²) in [6.07, 6.45) is 11.4. The lowest BCUT2D eigenvalue weighted by molar-refractivity contribution is 0.221. The smallest absolute Gasteiger partial charge is 0.243 e. The van der Waals surface area contributed by atoms with E-state index in [1.165, 1.54) is 54.6 Å². The number of hydrogen-bond acceptors (Lipinski definition) is 3. The van der Waals surface area contributed by atoms with Crippen molar-refractivity contribution in [1.29, 1.82) is 0 Å². The first-order valence-electron chi connectivity index (χ1n) is 19.6. The van der Waals surface area contributed by atoms with Crippen LogP contribution in [0.4, 0.5) is 0 Å². The van der Waals surface area contributed by atoms with Crippen molar-refractivity contribution in [3.05, 3.63) is 125 Å². The normalized spacial score (nSPS) is 16.3. The van der Waals surface area contributed by atoms with E-state index in [4.69, 9.17) is 0 Å². The Labute approximate surface area is 317 Å². The van der Waals surface area contributed by atoms with E-state index in [9.17, 15) is 8.42 Å². The van der Waals surface area contributed by atoms with Crippen LogP contribution >= 0.6 is 0 Å². The van der Waals surface area contributed by atoms with E-state index in [0.29, 0.717) is 18.0 Å². The van der Waals surface area contributed by atoms with E-state index in [1.54, 1.807) is 10.4 Å². The Hall–Kier alpha value is -3.19. The van der Waals surface area contributed by atoms with Crippen LogP contribution in [0.15, 0.2) is 102 Å². The summed E-state index contributed by atoms with van der Waals surface area (Å²) in [7, 11) is -3.31. The van der Waals surface area contributed by atoms with Gasteiger partial charge in [-0.25, -0.2) is 8.42 Å². The molecule has 0 amide bonds. The third-order valence-electron chi connectivity index (χ3n) is 10.2. The second-order valence-electron chi connectivity index (χ2n) is 17.8. The van der Waals surface area contributed by atoms with E-state index in [-0.39, 0.29) is 16.2 Å². The molecular formula is C46H67N3O2S. The summed E-state index contributed by atoms with van der Waals surface area (Å²) in [4.78, 5) is 3.02. The van der Waals surface area contributed by atoms with Crippen LogP contribution in [0.5, 0.6) is 0 Å². The molecule has 0 aliphatic carbocycles. The molecule has 4 aromatic rings. The Morgan fingerprint density at radius 2 is 1.00 bits per heavy atom. The molecule has 5 nitrogen and oxygen atoms in total. The van der Waals surface area contributed by atoms with E-state index < -0.39 is 10.0 Å². The first-order chi connectivity index (χ1) is 24.4. The molecule has 6 heteroatoms. The number of rotatable bonds is 6. The highest BCUT2D eigenvalue weighted by Gasteiger charge is 2.27. The SMILES string of the molecule is CC(C)(C)c1ccc(Cn2cccc2)cc1.CC(C)(C)c1cccc(CN2CCCCC2)c1.CC(C)(C)c1cccc(S(=O)(=O)N2CCCCC2)c1. The summed E-state index contributed by atoms with van der Waals surface area (Å²) in [5.41, 5.74) is 7.20. The average Bonchev–Trinajstić information content (AvgIpc) is 3.62. The number of hydrogen-bond donors (Lipinski definition) is 0. The molecule has 52 heavy (non-hydrogen) atoms. The Morgan fingerprint density at radius 3 is 1.54 bits per heavy atom. The third kappa shape index (κ3) is 12.7. The molecule has 0 bridgehead atoms. The van der Waals surface area contributed by atoms with Crippen LogP contribution in [0.1, 0.15) is 129 Å². The quantitative estimate of drug-likeness (QED) is 0.199. The van der Waals surface area contributed by atoms with Gasteiger partial charge in [0.1, 0.15) is 0 Å². The fraction of sp³-hybridized carbons (Fsp3) is 0.522. The minimum absolute atomic E-state index is 0.0343. The predicted octanol–water partition coefficient (Wildman–Crippen LogP) is 11.0. The maximum Gasteiger partial charge on any atom is 0.243 e. The van der Waals surface area contributed by atoms with Crippen LogP contribution in [0.2, 0.25) is 0 Å². The van der Waals surface area contributed by atoms with E-state index in [1.807, 2.05) is 18.2 Å². The number of nitrogens with zero attached hydrogens (tertiary/aromatic N) is 3. The van der Waals surface area contributed by atoms with Crippen molar-refractivity contribution in [2.75, 3.05) is 26.2 Å². The average molecular weight is 726 g/mol. The molecule has 0 unspecified atom stereocenters. The lowest BCUT2D eigenvalue weighted by atomic mass is 9.86. The number of aromatic nitrogens is 1. The van der Waals surface area contributed by atoms with Gasteiger partial charge in [-0.1, -0.05) is 136 Å². The maximum atomic E-state index is 12.6.